The van der Waals surface area contributed by atoms with Crippen molar-refractivity contribution in [3.8, 4) is 0 Å². The minimum absolute atomic E-state index is 0.465. The molecule has 0 fully saturated rings. The minimum Gasteiger partial charge on any atom is -0.387 e. The van der Waals surface area contributed by atoms with Crippen LogP contribution in [0, 0.1) is 0 Å². The number of rotatable bonds is 9. The maximum absolute atomic E-state index is 9.60. The highest BCUT2D eigenvalue weighted by Gasteiger charge is 2.08. The molecular weight excluding hydrogens is 214 g/mol. The Bertz CT molecular complexity index is 299. The van der Waals surface area contributed by atoms with Gasteiger partial charge in [-0.15, -0.1) is 5.10 Å². The highest BCUT2D eigenvalue weighted by atomic mass is 16.3. The van der Waals surface area contributed by atoms with E-state index in [0.29, 0.717) is 12.1 Å². The molecule has 1 atom stereocenters. The van der Waals surface area contributed by atoms with Crippen molar-refractivity contribution < 1.29 is 5.11 Å². The molecule has 1 heterocycles. The van der Waals surface area contributed by atoms with Gasteiger partial charge in [0.2, 0.25) is 0 Å². The summed E-state index contributed by atoms with van der Waals surface area (Å²) in [6.45, 7) is 5.09. The number of hydrogen-bond donors (Lipinski definition) is 1. The lowest BCUT2D eigenvalue weighted by atomic mass is 10.1. The first-order valence-corrected chi connectivity index (χ1v) is 6.86. The van der Waals surface area contributed by atoms with E-state index in [1.807, 2.05) is 17.8 Å². The molecule has 0 aliphatic carbocycles. The van der Waals surface area contributed by atoms with E-state index < -0.39 is 6.10 Å². The van der Waals surface area contributed by atoms with Crippen molar-refractivity contribution in [2.75, 3.05) is 0 Å². The lowest BCUT2D eigenvalue weighted by molar-refractivity contribution is 0.168. The number of nitrogens with zero attached hydrogens (tertiary/aromatic N) is 3. The van der Waals surface area contributed by atoms with Crippen molar-refractivity contribution in [1.29, 1.82) is 0 Å². The van der Waals surface area contributed by atoms with Crippen molar-refractivity contribution in [3.63, 3.8) is 0 Å². The Kier molecular flexibility index (Phi) is 6.86. The van der Waals surface area contributed by atoms with Gasteiger partial charge >= 0.3 is 0 Å². The number of unbranched alkanes of at least 4 members (excludes halogenated alkanes) is 5. The first-order chi connectivity index (χ1) is 8.27. The summed E-state index contributed by atoms with van der Waals surface area (Å²) in [5, 5.41) is 17.6. The lowest BCUT2D eigenvalue weighted by Crippen LogP contribution is -1.98. The molecule has 1 aromatic rings. The van der Waals surface area contributed by atoms with Crippen LogP contribution in [0.1, 0.15) is 70.6 Å². The van der Waals surface area contributed by atoms with E-state index in [1.165, 1.54) is 32.1 Å². The fraction of sp³-hybridized carbons (Fsp3) is 0.846. The van der Waals surface area contributed by atoms with E-state index in [4.69, 9.17) is 0 Å². The molecule has 1 aromatic heterocycles. The first-order valence-electron chi connectivity index (χ1n) is 6.86. The number of hydrogen-bond acceptors (Lipinski definition) is 3. The lowest BCUT2D eigenvalue weighted by Gasteiger charge is -2.02. The zero-order chi connectivity index (χ0) is 12.5. The normalized spacial score (nSPS) is 12.9. The van der Waals surface area contributed by atoms with Crippen molar-refractivity contribution >= 4 is 0 Å². The van der Waals surface area contributed by atoms with Crippen LogP contribution in [-0.4, -0.2) is 20.1 Å². The summed E-state index contributed by atoms with van der Waals surface area (Å²) in [5.41, 5.74) is 0.693. The summed E-state index contributed by atoms with van der Waals surface area (Å²) < 4.78 is 1.84. The van der Waals surface area contributed by atoms with Gasteiger partial charge in [-0.2, -0.15) is 0 Å². The van der Waals surface area contributed by atoms with Gasteiger partial charge in [-0.3, -0.25) is 4.68 Å². The van der Waals surface area contributed by atoms with Gasteiger partial charge in [-0.25, -0.2) is 0 Å². The van der Waals surface area contributed by atoms with Gasteiger partial charge in [0.1, 0.15) is 5.69 Å². The zero-order valence-corrected chi connectivity index (χ0v) is 11.1. The molecule has 1 rings (SSSR count). The summed E-state index contributed by atoms with van der Waals surface area (Å²) in [6.07, 6.45) is 9.78. The van der Waals surface area contributed by atoms with E-state index >= 15 is 0 Å². The van der Waals surface area contributed by atoms with Crippen molar-refractivity contribution in [2.24, 2.45) is 0 Å². The average molecular weight is 239 g/mol. The molecule has 0 saturated heterocycles. The monoisotopic (exact) mass is 239 g/mol. The summed E-state index contributed by atoms with van der Waals surface area (Å²) >= 11 is 0. The quantitative estimate of drug-likeness (QED) is 0.674. The Labute approximate surface area is 104 Å². The van der Waals surface area contributed by atoms with Gasteiger partial charge in [0, 0.05) is 6.54 Å². The van der Waals surface area contributed by atoms with Crippen LogP contribution in [-0.2, 0) is 6.54 Å². The summed E-state index contributed by atoms with van der Waals surface area (Å²) in [4.78, 5) is 0. The van der Waals surface area contributed by atoms with Crippen LogP contribution in [0.4, 0.5) is 0 Å². The third-order valence-corrected chi connectivity index (χ3v) is 3.03. The maximum Gasteiger partial charge on any atom is 0.111 e. The smallest absolute Gasteiger partial charge is 0.111 e. The van der Waals surface area contributed by atoms with Crippen LogP contribution in [0.25, 0.3) is 0 Å². The van der Waals surface area contributed by atoms with Crippen molar-refractivity contribution in [3.05, 3.63) is 11.9 Å². The molecule has 0 aromatic carbocycles. The van der Waals surface area contributed by atoms with Gasteiger partial charge < -0.3 is 5.11 Å². The maximum atomic E-state index is 9.60. The molecular formula is C13H25N3O. The largest absolute Gasteiger partial charge is 0.387 e. The topological polar surface area (TPSA) is 50.9 Å². The molecule has 0 bridgehead atoms. The summed E-state index contributed by atoms with van der Waals surface area (Å²) in [7, 11) is 0. The van der Waals surface area contributed by atoms with Crippen molar-refractivity contribution in [2.45, 2.75) is 71.4 Å². The Hall–Kier alpha value is -0.900. The van der Waals surface area contributed by atoms with Crippen LogP contribution in [0.2, 0.25) is 0 Å². The molecule has 0 amide bonds. The summed E-state index contributed by atoms with van der Waals surface area (Å²) in [6, 6.07) is 0. The predicted octanol–water partition coefficient (Wildman–Crippen LogP) is 3.08. The van der Waals surface area contributed by atoms with Gasteiger partial charge in [-0.1, -0.05) is 51.2 Å². The van der Waals surface area contributed by atoms with Gasteiger partial charge in [-0.05, 0) is 12.8 Å². The van der Waals surface area contributed by atoms with Crippen molar-refractivity contribution in [1.82, 2.24) is 15.0 Å². The fourth-order valence-corrected chi connectivity index (χ4v) is 1.84. The van der Waals surface area contributed by atoms with Gasteiger partial charge in [0.05, 0.1) is 12.3 Å². The second-order valence-corrected chi connectivity index (χ2v) is 4.60. The van der Waals surface area contributed by atoms with Crippen LogP contribution in [0.3, 0.4) is 0 Å². The molecule has 0 saturated carbocycles. The van der Waals surface area contributed by atoms with E-state index in [-0.39, 0.29) is 0 Å². The third-order valence-electron chi connectivity index (χ3n) is 3.03. The van der Waals surface area contributed by atoms with Gasteiger partial charge in [0.25, 0.3) is 0 Å². The highest BCUT2D eigenvalue weighted by Crippen LogP contribution is 2.12. The number of aliphatic hydroxyl groups is 1. The van der Waals surface area contributed by atoms with Gasteiger partial charge in [0.15, 0.2) is 0 Å². The number of aryl methyl sites for hydroxylation is 1. The Balaban J connectivity index is 2.16. The fourth-order valence-electron chi connectivity index (χ4n) is 1.84. The Morgan fingerprint density at radius 2 is 1.88 bits per heavy atom. The molecule has 0 aliphatic rings. The first kappa shape index (κ1) is 14.2. The average Bonchev–Trinajstić information content (AvgIpc) is 2.81. The molecule has 1 unspecified atom stereocenters. The molecule has 0 spiro atoms. The third kappa shape index (κ3) is 5.31. The van der Waals surface area contributed by atoms with E-state index in [1.54, 1.807) is 0 Å². The molecule has 4 heteroatoms. The van der Waals surface area contributed by atoms with Crippen LogP contribution in [0.5, 0.6) is 0 Å². The molecule has 98 valence electrons. The minimum atomic E-state index is -0.465. The van der Waals surface area contributed by atoms with E-state index in [2.05, 4.69) is 17.2 Å². The number of aliphatic hydroxyl groups excluding tert-OH is 1. The SMILES string of the molecule is CCCCCCCCn1cc(C(O)CC)nn1. The van der Waals surface area contributed by atoms with E-state index in [0.717, 1.165) is 13.0 Å². The van der Waals surface area contributed by atoms with E-state index in [9.17, 15) is 5.11 Å². The molecule has 0 radical (unpaired) electrons. The standard InChI is InChI=1S/C13H25N3O/c1-3-5-6-7-8-9-10-16-11-12(14-15-16)13(17)4-2/h11,13,17H,3-10H2,1-2H3. The predicted molar refractivity (Wildman–Crippen MR) is 68.6 cm³/mol. The molecule has 17 heavy (non-hydrogen) atoms. The Morgan fingerprint density at radius 3 is 2.59 bits per heavy atom. The number of aromatic nitrogens is 3. The Morgan fingerprint density at radius 1 is 1.18 bits per heavy atom. The van der Waals surface area contributed by atoms with Crippen LogP contribution in [0.15, 0.2) is 6.20 Å². The molecule has 0 aliphatic heterocycles. The van der Waals surface area contributed by atoms with Crippen LogP contribution < -0.4 is 0 Å². The zero-order valence-electron chi connectivity index (χ0n) is 11.1. The van der Waals surface area contributed by atoms with Crippen LogP contribution >= 0.6 is 0 Å². The highest BCUT2D eigenvalue weighted by molar-refractivity contribution is 4.96. The second-order valence-electron chi connectivity index (χ2n) is 4.60. The second kappa shape index (κ2) is 8.23. The molecule has 1 N–H and O–H groups in total. The molecule has 4 nitrogen and oxygen atoms in total. The summed E-state index contributed by atoms with van der Waals surface area (Å²) in [5.74, 6) is 0.